The van der Waals surface area contributed by atoms with Crippen LogP contribution in [0, 0.1) is 0 Å². The number of hydrogen-bond donors (Lipinski definition) is 5. The van der Waals surface area contributed by atoms with E-state index in [1.807, 2.05) is 0 Å². The minimum atomic E-state index is -1.55. The third kappa shape index (κ3) is 14.2. The molecule has 9 nitrogen and oxygen atoms in total. The van der Waals surface area contributed by atoms with E-state index in [-0.39, 0.29) is 6.42 Å². The largest absolute Gasteiger partial charge is 0.494 e. The normalized spacial score (nSPS) is 14.1. The first-order chi connectivity index (χ1) is 17.8. The Labute approximate surface area is 219 Å². The van der Waals surface area contributed by atoms with Crippen molar-refractivity contribution in [2.45, 2.75) is 95.9 Å². The van der Waals surface area contributed by atoms with E-state index in [1.54, 1.807) is 24.3 Å². The number of ether oxygens (including phenoxy) is 2. The summed E-state index contributed by atoms with van der Waals surface area (Å²) < 4.78 is 10.8. The van der Waals surface area contributed by atoms with Crippen LogP contribution in [0.3, 0.4) is 0 Å². The average molecular weight is 525 g/mol. The van der Waals surface area contributed by atoms with E-state index in [0.29, 0.717) is 17.9 Å². The molecule has 3 atom stereocenters. The van der Waals surface area contributed by atoms with Crippen molar-refractivity contribution in [3.05, 3.63) is 35.4 Å². The summed E-state index contributed by atoms with van der Waals surface area (Å²) in [5, 5.41) is 47.0. The molecule has 0 aromatic heterocycles. The highest BCUT2D eigenvalue weighted by Crippen LogP contribution is 2.18. The highest BCUT2D eigenvalue weighted by molar-refractivity contribution is 6.17. The number of carboxylic acids is 1. The zero-order valence-electron chi connectivity index (χ0n) is 21.9. The summed E-state index contributed by atoms with van der Waals surface area (Å²) in [6, 6.07) is 6.59. The lowest BCUT2D eigenvalue weighted by Crippen LogP contribution is -2.38. The SMILES string of the molecule is CCCCCCCCCCCCOc1ccc(C=C(C(=O)O)C(=O)OC(CC(O)CO)C(O)CO)cc1. The molecule has 0 saturated carbocycles. The summed E-state index contributed by atoms with van der Waals surface area (Å²) in [7, 11) is 0. The Hall–Kier alpha value is -2.46. The van der Waals surface area contributed by atoms with Gasteiger partial charge in [0.2, 0.25) is 0 Å². The molecule has 1 aromatic carbocycles. The van der Waals surface area contributed by atoms with Crippen LogP contribution in [-0.2, 0) is 14.3 Å². The lowest BCUT2D eigenvalue weighted by atomic mass is 10.1. The average Bonchev–Trinajstić information content (AvgIpc) is 2.89. The number of unbranched alkanes of at least 4 members (excludes halogenated alkanes) is 9. The second-order valence-corrected chi connectivity index (χ2v) is 9.23. The number of rotatable bonds is 21. The molecule has 0 spiro atoms. The van der Waals surface area contributed by atoms with Gasteiger partial charge < -0.3 is 35.0 Å². The summed E-state index contributed by atoms with van der Waals surface area (Å²) in [6.45, 7) is 1.39. The lowest BCUT2D eigenvalue weighted by Gasteiger charge is -2.23. The molecule has 9 heteroatoms. The maximum absolute atomic E-state index is 12.5. The molecule has 0 fully saturated rings. The Morgan fingerprint density at radius 1 is 0.865 bits per heavy atom. The minimum absolute atomic E-state index is 0.373. The molecule has 0 aliphatic rings. The molecule has 37 heavy (non-hydrogen) atoms. The van der Waals surface area contributed by atoms with Crippen LogP contribution in [0.2, 0.25) is 0 Å². The quantitative estimate of drug-likeness (QED) is 0.0535. The highest BCUT2D eigenvalue weighted by atomic mass is 16.6. The molecular formula is C28H44O9. The molecule has 0 heterocycles. The molecule has 0 aliphatic heterocycles. The zero-order chi connectivity index (χ0) is 27.5. The van der Waals surface area contributed by atoms with Crippen LogP contribution in [0.25, 0.3) is 6.08 Å². The molecule has 1 aromatic rings. The fraction of sp³-hybridized carbons (Fsp3) is 0.643. The molecule has 0 aliphatic carbocycles. The van der Waals surface area contributed by atoms with Gasteiger partial charge in [0, 0.05) is 6.42 Å². The van der Waals surface area contributed by atoms with Crippen LogP contribution in [0.1, 0.15) is 83.1 Å². The number of aliphatic carboxylic acids is 1. The minimum Gasteiger partial charge on any atom is -0.494 e. The summed E-state index contributed by atoms with van der Waals surface area (Å²) >= 11 is 0. The van der Waals surface area contributed by atoms with Gasteiger partial charge in [-0.05, 0) is 30.2 Å². The van der Waals surface area contributed by atoms with Crippen molar-refractivity contribution in [2.75, 3.05) is 19.8 Å². The first-order valence-electron chi connectivity index (χ1n) is 13.3. The number of hydrogen-bond acceptors (Lipinski definition) is 8. The van der Waals surface area contributed by atoms with Gasteiger partial charge in [-0.25, -0.2) is 9.59 Å². The number of carbonyl (C=O) groups is 2. The first-order valence-corrected chi connectivity index (χ1v) is 13.3. The summed E-state index contributed by atoms with van der Waals surface area (Å²) in [6.07, 6.45) is 8.89. The van der Waals surface area contributed by atoms with Crippen molar-refractivity contribution in [2.24, 2.45) is 0 Å². The van der Waals surface area contributed by atoms with Gasteiger partial charge in [-0.1, -0.05) is 76.8 Å². The summed E-state index contributed by atoms with van der Waals surface area (Å²) in [5.41, 5.74) is -0.261. The zero-order valence-corrected chi connectivity index (χ0v) is 21.9. The van der Waals surface area contributed by atoms with Crippen LogP contribution >= 0.6 is 0 Å². The molecule has 0 bridgehead atoms. The highest BCUT2D eigenvalue weighted by Gasteiger charge is 2.29. The molecule has 210 valence electrons. The van der Waals surface area contributed by atoms with Crippen LogP contribution in [-0.4, -0.2) is 75.6 Å². The van der Waals surface area contributed by atoms with Crippen LogP contribution < -0.4 is 4.74 Å². The summed E-state index contributed by atoms with van der Waals surface area (Å²) in [5.74, 6) is -2.14. The fourth-order valence-corrected chi connectivity index (χ4v) is 3.76. The Morgan fingerprint density at radius 2 is 1.43 bits per heavy atom. The van der Waals surface area contributed by atoms with Gasteiger partial charge in [0.25, 0.3) is 0 Å². The van der Waals surface area contributed by atoms with E-state index in [2.05, 4.69) is 6.92 Å². The van der Waals surface area contributed by atoms with Crippen molar-refractivity contribution in [3.8, 4) is 5.75 Å². The van der Waals surface area contributed by atoms with Gasteiger partial charge in [-0.3, -0.25) is 0 Å². The standard InChI is InChI=1S/C28H44O9/c1-2-3-4-5-6-7-8-9-10-11-16-36-23-14-12-21(13-15-23)17-24(27(33)34)28(35)37-26(25(32)20-30)18-22(31)19-29/h12-15,17,22,25-26,29-32H,2-11,16,18-20H2,1H3,(H,33,34). The maximum atomic E-state index is 12.5. The predicted molar refractivity (Wildman–Crippen MR) is 140 cm³/mol. The second kappa shape index (κ2) is 19.6. The van der Waals surface area contributed by atoms with Gasteiger partial charge in [-0.2, -0.15) is 0 Å². The topological polar surface area (TPSA) is 154 Å². The molecule has 0 saturated heterocycles. The summed E-state index contributed by atoms with van der Waals surface area (Å²) in [4.78, 5) is 24.1. The van der Waals surface area contributed by atoms with Crippen LogP contribution in [0.4, 0.5) is 0 Å². The van der Waals surface area contributed by atoms with Crippen molar-refractivity contribution in [1.29, 1.82) is 0 Å². The van der Waals surface area contributed by atoms with E-state index in [4.69, 9.17) is 19.7 Å². The van der Waals surface area contributed by atoms with Gasteiger partial charge in [0.15, 0.2) is 0 Å². The smallest absolute Gasteiger partial charge is 0.345 e. The number of carboxylic acid groups (broad SMARTS) is 1. The van der Waals surface area contributed by atoms with Crippen molar-refractivity contribution < 1.29 is 44.6 Å². The van der Waals surface area contributed by atoms with E-state index in [0.717, 1.165) is 18.9 Å². The monoisotopic (exact) mass is 524 g/mol. The predicted octanol–water partition coefficient (Wildman–Crippen LogP) is 3.46. The molecule has 5 N–H and O–H groups in total. The van der Waals surface area contributed by atoms with Gasteiger partial charge >= 0.3 is 11.9 Å². The van der Waals surface area contributed by atoms with Crippen molar-refractivity contribution in [3.63, 3.8) is 0 Å². The van der Waals surface area contributed by atoms with Gasteiger partial charge in [0.1, 0.15) is 23.5 Å². The lowest BCUT2D eigenvalue weighted by molar-refractivity contribution is -0.156. The number of aliphatic hydroxyl groups is 4. The third-order valence-corrected chi connectivity index (χ3v) is 6.00. The van der Waals surface area contributed by atoms with E-state index in [9.17, 15) is 24.9 Å². The molecule has 1 rings (SSSR count). The Morgan fingerprint density at radius 3 is 1.95 bits per heavy atom. The fourth-order valence-electron chi connectivity index (χ4n) is 3.76. The van der Waals surface area contributed by atoms with Crippen molar-refractivity contribution in [1.82, 2.24) is 0 Å². The van der Waals surface area contributed by atoms with E-state index >= 15 is 0 Å². The van der Waals surface area contributed by atoms with Gasteiger partial charge in [0.05, 0.1) is 25.9 Å². The Kier molecular flexibility index (Phi) is 17.3. The molecule has 0 radical (unpaired) electrons. The second-order valence-electron chi connectivity index (χ2n) is 9.23. The number of benzene rings is 1. The number of carbonyl (C=O) groups excluding carboxylic acids is 1. The maximum Gasteiger partial charge on any atom is 0.345 e. The molecule has 3 unspecified atom stereocenters. The van der Waals surface area contributed by atoms with Crippen LogP contribution in [0.5, 0.6) is 5.75 Å². The van der Waals surface area contributed by atoms with E-state index in [1.165, 1.54) is 51.4 Å². The number of aliphatic hydroxyl groups excluding tert-OH is 4. The van der Waals surface area contributed by atoms with Crippen LogP contribution in [0.15, 0.2) is 29.8 Å². The first kappa shape index (κ1) is 32.6. The van der Waals surface area contributed by atoms with E-state index < -0.39 is 49.0 Å². The van der Waals surface area contributed by atoms with Crippen molar-refractivity contribution >= 4 is 18.0 Å². The molecule has 0 amide bonds. The number of esters is 1. The Balaban J connectivity index is 2.54. The Bertz CT molecular complexity index is 791. The van der Waals surface area contributed by atoms with Gasteiger partial charge in [-0.15, -0.1) is 0 Å². The third-order valence-electron chi connectivity index (χ3n) is 6.00. The molecular weight excluding hydrogens is 480 g/mol.